The van der Waals surface area contributed by atoms with Crippen molar-refractivity contribution in [3.8, 4) is 0 Å². The summed E-state index contributed by atoms with van der Waals surface area (Å²) in [7, 11) is 0. The van der Waals surface area contributed by atoms with Crippen LogP contribution in [0.5, 0.6) is 0 Å². The molecule has 0 aromatic heterocycles. The zero-order valence-corrected chi connectivity index (χ0v) is 11.6. The van der Waals surface area contributed by atoms with Crippen LogP contribution in [0.1, 0.15) is 27.9 Å². The van der Waals surface area contributed by atoms with Crippen LogP contribution in [0.25, 0.3) is 0 Å². The summed E-state index contributed by atoms with van der Waals surface area (Å²) in [5.41, 5.74) is -1.06. The molecule has 122 valence electrons. The van der Waals surface area contributed by atoms with Crippen molar-refractivity contribution in [2.75, 3.05) is 0 Å². The van der Waals surface area contributed by atoms with Crippen LogP contribution in [0.15, 0.2) is 36.4 Å². The number of carbonyl (C=O) groups excluding carboxylic acids is 1. The Morgan fingerprint density at radius 1 is 0.957 bits per heavy atom. The van der Waals surface area contributed by atoms with E-state index in [1.54, 1.807) is 0 Å². The van der Waals surface area contributed by atoms with Gasteiger partial charge in [0.25, 0.3) is 0 Å². The Kier molecular flexibility index (Phi) is 4.77. The van der Waals surface area contributed by atoms with Crippen LogP contribution >= 0.6 is 0 Å². The van der Waals surface area contributed by atoms with Crippen molar-refractivity contribution in [1.29, 1.82) is 0 Å². The van der Waals surface area contributed by atoms with Crippen LogP contribution < -0.4 is 0 Å². The molecule has 1 nitrogen and oxygen atoms in total. The third kappa shape index (κ3) is 4.12. The fraction of sp³-hybridized carbons (Fsp3) is 0.188. The zero-order valence-electron chi connectivity index (χ0n) is 11.6. The highest BCUT2D eigenvalue weighted by Crippen LogP contribution is 2.29. The van der Waals surface area contributed by atoms with Gasteiger partial charge in [0.15, 0.2) is 23.2 Å². The number of alkyl halides is 3. The standard InChI is InChI=1S/C16H10F6O/c17-12-6-9(7-13(18)15(12)19)4-5-14(23)10-2-1-3-11(8-10)16(20,21)22/h1-3,6-8H,4-5H2. The average Bonchev–Trinajstić information content (AvgIpc) is 2.49. The molecule has 23 heavy (non-hydrogen) atoms. The number of hydrogen-bond acceptors (Lipinski definition) is 1. The number of aryl methyl sites for hydroxylation is 1. The number of carbonyl (C=O) groups is 1. The van der Waals surface area contributed by atoms with Gasteiger partial charge in [-0.15, -0.1) is 0 Å². The van der Waals surface area contributed by atoms with Gasteiger partial charge in [-0.2, -0.15) is 13.2 Å². The van der Waals surface area contributed by atoms with Crippen LogP contribution in [0, 0.1) is 17.5 Å². The largest absolute Gasteiger partial charge is 0.416 e. The highest BCUT2D eigenvalue weighted by atomic mass is 19.4. The van der Waals surface area contributed by atoms with E-state index >= 15 is 0 Å². The Balaban J connectivity index is 2.11. The number of hydrogen-bond donors (Lipinski definition) is 0. The van der Waals surface area contributed by atoms with Gasteiger partial charge in [0.2, 0.25) is 0 Å². The number of Topliss-reactive ketones (excluding diaryl/α,β-unsaturated/α-hetero) is 1. The van der Waals surface area contributed by atoms with Gasteiger partial charge < -0.3 is 0 Å². The van der Waals surface area contributed by atoms with Crippen LogP contribution in [0.2, 0.25) is 0 Å². The monoisotopic (exact) mass is 332 g/mol. The summed E-state index contributed by atoms with van der Waals surface area (Å²) < 4.78 is 76.6. The van der Waals surface area contributed by atoms with Crippen LogP contribution in [-0.2, 0) is 12.6 Å². The Morgan fingerprint density at radius 3 is 2.13 bits per heavy atom. The molecule has 0 fully saturated rings. The van der Waals surface area contributed by atoms with E-state index in [0.717, 1.165) is 24.3 Å². The molecule has 2 aromatic carbocycles. The Labute approximate surface area is 127 Å². The van der Waals surface area contributed by atoms with Gasteiger partial charge in [-0.05, 0) is 36.2 Å². The lowest BCUT2D eigenvalue weighted by Crippen LogP contribution is -2.08. The van der Waals surface area contributed by atoms with Gasteiger partial charge in [0, 0.05) is 12.0 Å². The van der Waals surface area contributed by atoms with Crippen LogP contribution in [0.4, 0.5) is 26.3 Å². The van der Waals surface area contributed by atoms with Gasteiger partial charge in [-0.3, -0.25) is 4.79 Å². The van der Waals surface area contributed by atoms with Crippen molar-refractivity contribution < 1.29 is 31.1 Å². The summed E-state index contributed by atoms with van der Waals surface area (Å²) in [5.74, 6) is -4.99. The van der Waals surface area contributed by atoms with Crippen LogP contribution in [0.3, 0.4) is 0 Å². The molecule has 7 heteroatoms. The van der Waals surface area contributed by atoms with E-state index in [0.29, 0.717) is 6.07 Å². The lowest BCUT2D eigenvalue weighted by molar-refractivity contribution is -0.137. The van der Waals surface area contributed by atoms with Gasteiger partial charge >= 0.3 is 6.18 Å². The summed E-state index contributed by atoms with van der Waals surface area (Å²) in [6.45, 7) is 0. The first-order valence-electron chi connectivity index (χ1n) is 6.52. The third-order valence-electron chi connectivity index (χ3n) is 3.20. The first kappa shape index (κ1) is 17.1. The van der Waals surface area contributed by atoms with Gasteiger partial charge in [-0.1, -0.05) is 12.1 Å². The van der Waals surface area contributed by atoms with Crippen molar-refractivity contribution in [3.05, 3.63) is 70.5 Å². The molecule has 0 heterocycles. The molecule has 0 saturated carbocycles. The van der Waals surface area contributed by atoms with Crippen molar-refractivity contribution in [2.24, 2.45) is 0 Å². The summed E-state index contributed by atoms with van der Waals surface area (Å²) in [6, 6.07) is 5.38. The number of rotatable bonds is 4. The van der Waals surface area contributed by atoms with Crippen molar-refractivity contribution in [1.82, 2.24) is 0 Å². The fourth-order valence-electron chi connectivity index (χ4n) is 2.02. The maximum atomic E-state index is 13.0. The normalized spacial score (nSPS) is 11.6. The molecule has 0 unspecified atom stereocenters. The lowest BCUT2D eigenvalue weighted by atomic mass is 10.0. The van der Waals surface area contributed by atoms with E-state index in [2.05, 4.69) is 0 Å². The molecular formula is C16H10F6O. The quantitative estimate of drug-likeness (QED) is 0.440. The third-order valence-corrected chi connectivity index (χ3v) is 3.20. The average molecular weight is 332 g/mol. The minimum atomic E-state index is -4.57. The number of benzene rings is 2. The Bertz CT molecular complexity index is 713. The maximum absolute atomic E-state index is 13.0. The Hall–Kier alpha value is -2.31. The molecular weight excluding hydrogens is 322 g/mol. The molecule has 0 spiro atoms. The lowest BCUT2D eigenvalue weighted by Gasteiger charge is -2.08. The van der Waals surface area contributed by atoms with E-state index in [1.807, 2.05) is 0 Å². The minimum Gasteiger partial charge on any atom is -0.294 e. The molecule has 0 atom stereocenters. The second-order valence-electron chi connectivity index (χ2n) is 4.88. The number of halogens is 6. The molecule has 0 bridgehead atoms. The predicted octanol–water partition coefficient (Wildman–Crippen LogP) is 4.94. The van der Waals surface area contributed by atoms with E-state index in [-0.39, 0.29) is 24.0 Å². The molecule has 2 rings (SSSR count). The fourth-order valence-corrected chi connectivity index (χ4v) is 2.02. The summed E-state index contributed by atoms with van der Waals surface area (Å²) >= 11 is 0. The van der Waals surface area contributed by atoms with Gasteiger partial charge in [0.05, 0.1) is 5.56 Å². The first-order chi connectivity index (χ1) is 10.7. The summed E-state index contributed by atoms with van der Waals surface area (Å²) in [6.07, 6.45) is -4.95. The minimum absolute atomic E-state index is 0.0433. The summed E-state index contributed by atoms with van der Waals surface area (Å²) in [5, 5.41) is 0. The van der Waals surface area contributed by atoms with Crippen molar-refractivity contribution >= 4 is 5.78 Å². The molecule has 2 aromatic rings. The van der Waals surface area contributed by atoms with Crippen molar-refractivity contribution in [2.45, 2.75) is 19.0 Å². The molecule has 0 amide bonds. The van der Waals surface area contributed by atoms with E-state index in [9.17, 15) is 31.1 Å². The predicted molar refractivity (Wildman–Crippen MR) is 70.4 cm³/mol. The van der Waals surface area contributed by atoms with Gasteiger partial charge in [-0.25, -0.2) is 13.2 Å². The van der Waals surface area contributed by atoms with E-state index < -0.39 is 35.0 Å². The van der Waals surface area contributed by atoms with Gasteiger partial charge in [0.1, 0.15) is 0 Å². The first-order valence-corrected chi connectivity index (χ1v) is 6.52. The highest BCUT2D eigenvalue weighted by molar-refractivity contribution is 5.96. The molecule has 0 saturated heterocycles. The maximum Gasteiger partial charge on any atom is 0.416 e. The molecule has 0 aliphatic heterocycles. The SMILES string of the molecule is O=C(CCc1cc(F)c(F)c(F)c1)c1cccc(C(F)(F)F)c1. The molecule has 0 aliphatic carbocycles. The molecule has 0 radical (unpaired) electrons. The topological polar surface area (TPSA) is 17.1 Å². The number of ketones is 1. The highest BCUT2D eigenvalue weighted by Gasteiger charge is 2.30. The smallest absolute Gasteiger partial charge is 0.294 e. The molecule has 0 aliphatic rings. The molecule has 0 N–H and O–H groups in total. The zero-order chi connectivity index (χ0) is 17.2. The summed E-state index contributed by atoms with van der Waals surface area (Å²) in [4.78, 5) is 11.9. The van der Waals surface area contributed by atoms with E-state index in [1.165, 1.54) is 6.07 Å². The Morgan fingerprint density at radius 2 is 1.57 bits per heavy atom. The van der Waals surface area contributed by atoms with Crippen LogP contribution in [-0.4, -0.2) is 5.78 Å². The van der Waals surface area contributed by atoms with E-state index in [4.69, 9.17) is 0 Å². The van der Waals surface area contributed by atoms with Crippen molar-refractivity contribution in [3.63, 3.8) is 0 Å². The second-order valence-corrected chi connectivity index (χ2v) is 4.88. The second kappa shape index (κ2) is 6.44.